The van der Waals surface area contributed by atoms with Crippen molar-refractivity contribution in [3.05, 3.63) is 57.3 Å². The van der Waals surface area contributed by atoms with Crippen molar-refractivity contribution >= 4 is 11.3 Å². The quantitative estimate of drug-likeness (QED) is 0.937. The van der Waals surface area contributed by atoms with E-state index in [0.29, 0.717) is 5.92 Å². The van der Waals surface area contributed by atoms with Crippen LogP contribution in [0.4, 0.5) is 0 Å². The zero-order valence-electron chi connectivity index (χ0n) is 12.9. The molecule has 2 nitrogen and oxygen atoms in total. The first-order chi connectivity index (χ1) is 10.1. The summed E-state index contributed by atoms with van der Waals surface area (Å²) in [5.74, 6) is 0.597. The SMILES string of the molecule is Cc1ccc(CN2CC(N)CC(c3cccs3)C2)c(C)c1. The van der Waals surface area contributed by atoms with E-state index in [1.165, 1.54) is 21.6 Å². The number of aryl methyl sites for hydroxylation is 2. The van der Waals surface area contributed by atoms with Crippen molar-refractivity contribution in [1.29, 1.82) is 0 Å². The van der Waals surface area contributed by atoms with Crippen molar-refractivity contribution in [1.82, 2.24) is 4.90 Å². The van der Waals surface area contributed by atoms with Gasteiger partial charge in [0.25, 0.3) is 0 Å². The summed E-state index contributed by atoms with van der Waals surface area (Å²) in [5, 5.41) is 2.17. The number of nitrogens with two attached hydrogens (primary N) is 1. The summed E-state index contributed by atoms with van der Waals surface area (Å²) in [6.07, 6.45) is 1.11. The Morgan fingerprint density at radius 1 is 1.24 bits per heavy atom. The van der Waals surface area contributed by atoms with Crippen LogP contribution in [-0.2, 0) is 6.54 Å². The molecule has 2 aromatic rings. The summed E-state index contributed by atoms with van der Waals surface area (Å²) in [4.78, 5) is 4.01. The minimum Gasteiger partial charge on any atom is -0.327 e. The highest BCUT2D eigenvalue weighted by molar-refractivity contribution is 7.10. The van der Waals surface area contributed by atoms with Crippen molar-refractivity contribution < 1.29 is 0 Å². The largest absolute Gasteiger partial charge is 0.327 e. The second-order valence-electron chi connectivity index (χ2n) is 6.33. The van der Waals surface area contributed by atoms with Gasteiger partial charge in [0.15, 0.2) is 0 Å². The van der Waals surface area contributed by atoms with Crippen LogP contribution in [0.15, 0.2) is 35.7 Å². The third-order valence-corrected chi connectivity index (χ3v) is 5.43. The van der Waals surface area contributed by atoms with Crippen molar-refractivity contribution in [3.63, 3.8) is 0 Å². The van der Waals surface area contributed by atoms with Crippen molar-refractivity contribution in [2.24, 2.45) is 5.73 Å². The second-order valence-corrected chi connectivity index (χ2v) is 7.31. The highest BCUT2D eigenvalue weighted by atomic mass is 32.1. The molecule has 1 aliphatic heterocycles. The molecule has 112 valence electrons. The molecule has 1 fully saturated rings. The molecular formula is C18H24N2S. The Balaban J connectivity index is 1.72. The molecule has 1 aromatic carbocycles. The normalized spacial score (nSPS) is 23.4. The molecule has 0 aliphatic carbocycles. The van der Waals surface area contributed by atoms with Crippen LogP contribution in [-0.4, -0.2) is 24.0 Å². The first kappa shape index (κ1) is 14.8. The first-order valence-electron chi connectivity index (χ1n) is 7.69. The molecule has 2 N–H and O–H groups in total. The average molecular weight is 300 g/mol. The predicted octanol–water partition coefficient (Wildman–Crippen LogP) is 3.68. The lowest BCUT2D eigenvalue weighted by Gasteiger charge is -2.36. The van der Waals surface area contributed by atoms with Crippen LogP contribution in [0.3, 0.4) is 0 Å². The van der Waals surface area contributed by atoms with Crippen molar-refractivity contribution in [2.45, 2.75) is 38.8 Å². The lowest BCUT2D eigenvalue weighted by atomic mass is 9.92. The molecule has 21 heavy (non-hydrogen) atoms. The van der Waals surface area contributed by atoms with E-state index in [2.05, 4.69) is 54.5 Å². The minimum absolute atomic E-state index is 0.289. The van der Waals surface area contributed by atoms with E-state index in [0.717, 1.165) is 26.1 Å². The molecule has 2 unspecified atom stereocenters. The van der Waals surface area contributed by atoms with Crippen LogP contribution >= 0.6 is 11.3 Å². The summed E-state index contributed by atoms with van der Waals surface area (Å²) >= 11 is 1.86. The monoisotopic (exact) mass is 300 g/mol. The fourth-order valence-corrected chi connectivity index (χ4v) is 4.19. The number of hydrogen-bond acceptors (Lipinski definition) is 3. The molecule has 1 aliphatic rings. The van der Waals surface area contributed by atoms with Crippen molar-refractivity contribution in [2.75, 3.05) is 13.1 Å². The van der Waals surface area contributed by atoms with E-state index >= 15 is 0 Å². The van der Waals surface area contributed by atoms with Crippen LogP contribution in [0.5, 0.6) is 0 Å². The molecular weight excluding hydrogens is 276 g/mol. The number of nitrogens with zero attached hydrogens (tertiary/aromatic N) is 1. The predicted molar refractivity (Wildman–Crippen MR) is 90.8 cm³/mol. The molecule has 0 radical (unpaired) electrons. The zero-order valence-corrected chi connectivity index (χ0v) is 13.7. The van der Waals surface area contributed by atoms with Gasteiger partial charge in [0.05, 0.1) is 0 Å². The summed E-state index contributed by atoms with van der Waals surface area (Å²) in [6.45, 7) is 7.52. The lowest BCUT2D eigenvalue weighted by Crippen LogP contribution is -2.45. The van der Waals surface area contributed by atoms with E-state index in [1.807, 2.05) is 11.3 Å². The number of benzene rings is 1. The Morgan fingerprint density at radius 3 is 2.81 bits per heavy atom. The van der Waals surface area contributed by atoms with Gasteiger partial charge in [-0.1, -0.05) is 29.8 Å². The van der Waals surface area contributed by atoms with Gasteiger partial charge in [-0.2, -0.15) is 0 Å². The molecule has 0 bridgehead atoms. The first-order valence-corrected chi connectivity index (χ1v) is 8.57. The number of thiophene rings is 1. The second kappa shape index (κ2) is 6.30. The molecule has 1 saturated heterocycles. The van der Waals surface area contributed by atoms with Gasteiger partial charge >= 0.3 is 0 Å². The third kappa shape index (κ3) is 3.54. The third-order valence-electron chi connectivity index (χ3n) is 4.40. The lowest BCUT2D eigenvalue weighted by molar-refractivity contribution is 0.182. The average Bonchev–Trinajstić information content (AvgIpc) is 2.95. The molecule has 3 heteroatoms. The van der Waals surface area contributed by atoms with E-state index < -0.39 is 0 Å². The van der Waals surface area contributed by atoms with Gasteiger partial charge in [-0.15, -0.1) is 11.3 Å². The van der Waals surface area contributed by atoms with Gasteiger partial charge in [-0.05, 0) is 42.8 Å². The van der Waals surface area contributed by atoms with Gasteiger partial charge in [-0.25, -0.2) is 0 Å². The Labute approximate surface area is 131 Å². The summed E-state index contributed by atoms with van der Waals surface area (Å²) in [6, 6.07) is 11.4. The molecule has 1 aromatic heterocycles. The number of likely N-dealkylation sites (tertiary alicyclic amines) is 1. The molecule has 0 saturated carbocycles. The number of piperidine rings is 1. The highest BCUT2D eigenvalue weighted by Gasteiger charge is 2.26. The Bertz CT molecular complexity index is 591. The number of hydrogen-bond donors (Lipinski definition) is 1. The van der Waals surface area contributed by atoms with Gasteiger partial charge in [0.2, 0.25) is 0 Å². The fraction of sp³-hybridized carbons (Fsp3) is 0.444. The van der Waals surface area contributed by atoms with E-state index in [4.69, 9.17) is 5.73 Å². The van der Waals surface area contributed by atoms with Crippen LogP contribution in [0.2, 0.25) is 0 Å². The molecule has 3 rings (SSSR count). The Morgan fingerprint density at radius 2 is 2.10 bits per heavy atom. The summed E-state index contributed by atoms with van der Waals surface area (Å²) in [7, 11) is 0. The van der Waals surface area contributed by atoms with Crippen LogP contribution < -0.4 is 5.73 Å². The van der Waals surface area contributed by atoms with Crippen LogP contribution in [0.25, 0.3) is 0 Å². The maximum Gasteiger partial charge on any atom is 0.0237 e. The topological polar surface area (TPSA) is 29.3 Å². The summed E-state index contributed by atoms with van der Waals surface area (Å²) < 4.78 is 0. The maximum atomic E-state index is 6.30. The zero-order chi connectivity index (χ0) is 14.8. The van der Waals surface area contributed by atoms with E-state index in [9.17, 15) is 0 Å². The maximum absolute atomic E-state index is 6.30. The molecule has 2 heterocycles. The molecule has 0 amide bonds. The van der Waals surface area contributed by atoms with Crippen LogP contribution in [0, 0.1) is 13.8 Å². The fourth-order valence-electron chi connectivity index (χ4n) is 3.36. The standard InChI is InChI=1S/C18H24N2S/c1-13-5-6-15(14(2)8-13)10-20-11-16(9-17(19)12-20)18-4-3-7-21-18/h3-8,16-17H,9-12,19H2,1-2H3. The molecule has 2 atom stereocenters. The highest BCUT2D eigenvalue weighted by Crippen LogP contribution is 2.30. The minimum atomic E-state index is 0.289. The van der Waals surface area contributed by atoms with Gasteiger partial charge in [-0.3, -0.25) is 4.90 Å². The Kier molecular flexibility index (Phi) is 4.43. The van der Waals surface area contributed by atoms with E-state index in [1.54, 1.807) is 0 Å². The van der Waals surface area contributed by atoms with Gasteiger partial charge < -0.3 is 5.73 Å². The molecule has 0 spiro atoms. The van der Waals surface area contributed by atoms with Gasteiger partial charge in [0, 0.05) is 36.5 Å². The van der Waals surface area contributed by atoms with Gasteiger partial charge in [0.1, 0.15) is 0 Å². The van der Waals surface area contributed by atoms with Crippen molar-refractivity contribution in [3.8, 4) is 0 Å². The van der Waals surface area contributed by atoms with Crippen LogP contribution in [0.1, 0.15) is 33.9 Å². The van der Waals surface area contributed by atoms with E-state index in [-0.39, 0.29) is 6.04 Å². The number of rotatable bonds is 3. The smallest absolute Gasteiger partial charge is 0.0237 e. The summed E-state index contributed by atoms with van der Waals surface area (Å²) in [5.41, 5.74) is 10.5. The Hall–Kier alpha value is -1.16.